The predicted molar refractivity (Wildman–Crippen MR) is 88.2 cm³/mol. The average molecular weight is 330 g/mol. The Morgan fingerprint density at radius 2 is 1.86 bits per heavy atom. The second-order valence-corrected chi connectivity index (χ2v) is 9.60. The zero-order valence-electron chi connectivity index (χ0n) is 13.9. The molecule has 0 aromatic heterocycles. The summed E-state index contributed by atoms with van der Waals surface area (Å²) in [5, 5.41) is 0. The van der Waals surface area contributed by atoms with Crippen molar-refractivity contribution in [1.29, 1.82) is 0 Å². The van der Waals surface area contributed by atoms with Gasteiger partial charge in [-0.2, -0.15) is 0 Å². The number of carbonyl (C=O) groups excluding carboxylic acids is 1. The fourth-order valence-electron chi connectivity index (χ4n) is 3.85. The normalized spacial score (nSPS) is 23.0. The van der Waals surface area contributed by atoms with Crippen LogP contribution in [0.25, 0.3) is 0 Å². The number of nitrogens with two attached hydrogens (primary N) is 1. The summed E-state index contributed by atoms with van der Waals surface area (Å²) in [5.41, 5.74) is 5.93. The highest BCUT2D eigenvalue weighted by molar-refractivity contribution is 7.90. The van der Waals surface area contributed by atoms with Crippen LogP contribution in [0.3, 0.4) is 0 Å². The van der Waals surface area contributed by atoms with Gasteiger partial charge >= 0.3 is 0 Å². The van der Waals surface area contributed by atoms with Crippen LogP contribution in [0.1, 0.15) is 58.3 Å². The van der Waals surface area contributed by atoms with Crippen LogP contribution in [0.15, 0.2) is 0 Å². The van der Waals surface area contributed by atoms with Gasteiger partial charge in [-0.3, -0.25) is 4.79 Å². The molecule has 0 aliphatic heterocycles. The van der Waals surface area contributed by atoms with Gasteiger partial charge in [0, 0.05) is 24.8 Å². The summed E-state index contributed by atoms with van der Waals surface area (Å²) in [4.78, 5) is 14.7. The SMILES string of the molecule is CC(CS(C)(=O)=O)N(C(=O)CC1(CN)CCCCC1)C1CC1. The third kappa shape index (κ3) is 4.69. The first-order chi connectivity index (χ1) is 10.3. The molecule has 0 spiro atoms. The Hall–Kier alpha value is -0.620. The molecule has 0 radical (unpaired) electrons. The second-order valence-electron chi connectivity index (χ2n) is 7.42. The van der Waals surface area contributed by atoms with Crippen molar-refractivity contribution in [2.45, 2.75) is 70.4 Å². The van der Waals surface area contributed by atoms with E-state index in [0.29, 0.717) is 13.0 Å². The Balaban J connectivity index is 2.06. The van der Waals surface area contributed by atoms with Crippen LogP contribution in [0.5, 0.6) is 0 Å². The molecular weight excluding hydrogens is 300 g/mol. The third-order valence-corrected chi connectivity index (χ3v) is 6.21. The Labute approximate surface area is 134 Å². The van der Waals surface area contributed by atoms with E-state index in [2.05, 4.69) is 0 Å². The van der Waals surface area contributed by atoms with Crippen molar-refractivity contribution in [2.75, 3.05) is 18.6 Å². The number of hydrogen-bond donors (Lipinski definition) is 1. The lowest BCUT2D eigenvalue weighted by Crippen LogP contribution is -2.47. The summed E-state index contributed by atoms with van der Waals surface area (Å²) < 4.78 is 23.1. The number of nitrogens with zero attached hydrogens (tertiary/aromatic N) is 1. The molecule has 0 aromatic rings. The van der Waals surface area contributed by atoms with Gasteiger partial charge in [0.1, 0.15) is 9.84 Å². The Morgan fingerprint density at radius 3 is 2.32 bits per heavy atom. The van der Waals surface area contributed by atoms with E-state index in [9.17, 15) is 13.2 Å². The first-order valence-corrected chi connectivity index (χ1v) is 10.5. The maximum atomic E-state index is 12.9. The lowest BCUT2D eigenvalue weighted by atomic mass is 9.71. The highest BCUT2D eigenvalue weighted by atomic mass is 32.2. The molecule has 22 heavy (non-hydrogen) atoms. The standard InChI is InChI=1S/C16H30N2O3S/c1-13(11-22(2,20)21)18(14-6-7-14)15(19)10-16(12-17)8-4-3-5-9-16/h13-14H,3-12,17H2,1-2H3. The minimum atomic E-state index is -3.08. The van der Waals surface area contributed by atoms with Crippen LogP contribution >= 0.6 is 0 Å². The van der Waals surface area contributed by atoms with E-state index >= 15 is 0 Å². The van der Waals surface area contributed by atoms with Crippen molar-refractivity contribution < 1.29 is 13.2 Å². The summed E-state index contributed by atoms with van der Waals surface area (Å²) in [5.74, 6) is 0.149. The molecule has 2 fully saturated rings. The monoisotopic (exact) mass is 330 g/mol. The quantitative estimate of drug-likeness (QED) is 0.770. The zero-order valence-corrected chi connectivity index (χ0v) is 14.7. The van der Waals surface area contributed by atoms with Gasteiger partial charge in [0.25, 0.3) is 0 Å². The zero-order chi connectivity index (χ0) is 16.4. The van der Waals surface area contributed by atoms with E-state index in [1.54, 1.807) is 0 Å². The Morgan fingerprint density at radius 1 is 1.27 bits per heavy atom. The molecule has 1 unspecified atom stereocenters. The molecule has 1 amide bonds. The summed E-state index contributed by atoms with van der Waals surface area (Å²) >= 11 is 0. The van der Waals surface area contributed by atoms with Crippen molar-refractivity contribution in [1.82, 2.24) is 4.90 Å². The van der Waals surface area contributed by atoms with Gasteiger partial charge in [0.05, 0.1) is 5.75 Å². The molecule has 6 heteroatoms. The fraction of sp³-hybridized carbons (Fsp3) is 0.938. The van der Waals surface area contributed by atoms with Crippen LogP contribution < -0.4 is 5.73 Å². The highest BCUT2D eigenvalue weighted by Gasteiger charge is 2.40. The van der Waals surface area contributed by atoms with Crippen LogP contribution in [-0.2, 0) is 14.6 Å². The lowest BCUT2D eigenvalue weighted by molar-refractivity contribution is -0.136. The number of amides is 1. The Bertz CT molecular complexity index is 494. The molecule has 2 N–H and O–H groups in total. The maximum Gasteiger partial charge on any atom is 0.223 e. The van der Waals surface area contributed by atoms with Crippen molar-refractivity contribution in [3.05, 3.63) is 0 Å². The summed E-state index contributed by atoms with van der Waals surface area (Å²) in [6.45, 7) is 2.41. The van der Waals surface area contributed by atoms with Gasteiger partial charge in [-0.25, -0.2) is 8.42 Å². The van der Waals surface area contributed by atoms with Crippen LogP contribution in [0.4, 0.5) is 0 Å². The van der Waals surface area contributed by atoms with Gasteiger partial charge in [0.2, 0.25) is 5.91 Å². The summed E-state index contributed by atoms with van der Waals surface area (Å²) in [6.07, 6.45) is 9.27. The van der Waals surface area contributed by atoms with E-state index in [1.807, 2.05) is 11.8 Å². The first-order valence-electron chi connectivity index (χ1n) is 8.45. The van der Waals surface area contributed by atoms with Crippen molar-refractivity contribution >= 4 is 15.7 Å². The third-order valence-electron chi connectivity index (χ3n) is 5.12. The van der Waals surface area contributed by atoms with Gasteiger partial charge < -0.3 is 10.6 Å². The largest absolute Gasteiger partial charge is 0.336 e. The molecule has 1 atom stereocenters. The van der Waals surface area contributed by atoms with Crippen molar-refractivity contribution in [3.63, 3.8) is 0 Å². The summed E-state index contributed by atoms with van der Waals surface area (Å²) in [6, 6.07) is -0.00363. The van der Waals surface area contributed by atoms with E-state index in [4.69, 9.17) is 5.73 Å². The molecule has 2 saturated carbocycles. The van der Waals surface area contributed by atoms with Crippen LogP contribution in [0.2, 0.25) is 0 Å². The van der Waals surface area contributed by atoms with Gasteiger partial charge in [0.15, 0.2) is 0 Å². The first kappa shape index (κ1) is 17.7. The lowest BCUT2D eigenvalue weighted by Gasteiger charge is -2.38. The number of sulfone groups is 1. The Kier molecular flexibility index (Phi) is 5.54. The number of carbonyl (C=O) groups is 1. The van der Waals surface area contributed by atoms with Gasteiger partial charge in [-0.05, 0) is 44.6 Å². The van der Waals surface area contributed by atoms with Crippen LogP contribution in [0, 0.1) is 5.41 Å². The molecule has 2 rings (SSSR count). The number of rotatable bonds is 7. The fourth-order valence-corrected chi connectivity index (χ4v) is 4.88. The molecule has 0 heterocycles. The minimum Gasteiger partial charge on any atom is -0.336 e. The van der Waals surface area contributed by atoms with Gasteiger partial charge in [-0.15, -0.1) is 0 Å². The van der Waals surface area contributed by atoms with Crippen molar-refractivity contribution in [3.8, 4) is 0 Å². The molecule has 0 aromatic carbocycles. The number of hydrogen-bond acceptors (Lipinski definition) is 4. The molecule has 2 aliphatic carbocycles. The van der Waals surface area contributed by atoms with E-state index < -0.39 is 9.84 Å². The molecule has 128 valence electrons. The van der Waals surface area contributed by atoms with E-state index in [1.165, 1.54) is 12.7 Å². The van der Waals surface area contributed by atoms with Crippen LogP contribution in [-0.4, -0.2) is 49.9 Å². The minimum absolute atomic E-state index is 0.0465. The summed E-state index contributed by atoms with van der Waals surface area (Å²) in [7, 11) is -3.08. The molecular formula is C16H30N2O3S. The molecule has 0 bridgehead atoms. The van der Waals surface area contributed by atoms with E-state index in [0.717, 1.165) is 38.5 Å². The maximum absolute atomic E-state index is 12.9. The predicted octanol–water partition coefficient (Wildman–Crippen LogP) is 1.71. The highest BCUT2D eigenvalue weighted by Crippen LogP contribution is 2.40. The second kappa shape index (κ2) is 6.87. The van der Waals surface area contributed by atoms with E-state index in [-0.39, 0.29) is 29.2 Å². The smallest absolute Gasteiger partial charge is 0.223 e. The average Bonchev–Trinajstić information content (AvgIpc) is 3.22. The van der Waals surface area contributed by atoms with Crippen molar-refractivity contribution in [2.24, 2.45) is 11.1 Å². The molecule has 5 nitrogen and oxygen atoms in total. The topological polar surface area (TPSA) is 80.5 Å². The van der Waals surface area contributed by atoms with Gasteiger partial charge in [-0.1, -0.05) is 19.3 Å². The molecule has 2 aliphatic rings. The molecule has 0 saturated heterocycles.